The molecule has 1 N–H and O–H groups in total. The standard InChI is InChI=1S/C20H22N2O3S/c1-25-11-5-10-21-20(24)16-8-9-18-17(12-16)22(19(23)14-26-18)13-15-6-3-2-4-7-15/h2-4,6-9,12H,5,10-11,13-14H2,1H3,(H,21,24). The summed E-state index contributed by atoms with van der Waals surface area (Å²) in [7, 11) is 1.64. The number of hydrogen-bond donors (Lipinski definition) is 1. The molecule has 0 spiro atoms. The van der Waals surface area contributed by atoms with Crippen molar-refractivity contribution < 1.29 is 14.3 Å². The minimum atomic E-state index is -0.133. The van der Waals surface area contributed by atoms with Crippen LogP contribution in [-0.2, 0) is 16.1 Å². The number of fused-ring (bicyclic) bond motifs is 1. The Morgan fingerprint density at radius 1 is 1.23 bits per heavy atom. The molecule has 2 amide bonds. The van der Waals surface area contributed by atoms with Gasteiger partial charge in [0.1, 0.15) is 0 Å². The van der Waals surface area contributed by atoms with E-state index in [1.807, 2.05) is 48.5 Å². The van der Waals surface area contributed by atoms with Gasteiger partial charge in [-0.05, 0) is 30.2 Å². The number of hydrogen-bond acceptors (Lipinski definition) is 4. The van der Waals surface area contributed by atoms with Gasteiger partial charge in [-0.15, -0.1) is 11.8 Å². The van der Waals surface area contributed by atoms with E-state index in [0.717, 1.165) is 22.6 Å². The smallest absolute Gasteiger partial charge is 0.251 e. The van der Waals surface area contributed by atoms with Gasteiger partial charge in [0, 0.05) is 30.7 Å². The fourth-order valence-electron chi connectivity index (χ4n) is 2.80. The van der Waals surface area contributed by atoms with E-state index in [9.17, 15) is 9.59 Å². The van der Waals surface area contributed by atoms with E-state index in [2.05, 4.69) is 5.32 Å². The average Bonchev–Trinajstić information content (AvgIpc) is 2.68. The van der Waals surface area contributed by atoms with Crippen molar-refractivity contribution in [3.05, 3.63) is 59.7 Å². The van der Waals surface area contributed by atoms with Crippen LogP contribution in [0.2, 0.25) is 0 Å². The summed E-state index contributed by atoms with van der Waals surface area (Å²) < 4.78 is 4.99. The molecule has 0 saturated heterocycles. The van der Waals surface area contributed by atoms with Crippen molar-refractivity contribution in [2.75, 3.05) is 30.9 Å². The molecule has 26 heavy (non-hydrogen) atoms. The van der Waals surface area contributed by atoms with E-state index in [-0.39, 0.29) is 11.8 Å². The Morgan fingerprint density at radius 2 is 2.04 bits per heavy atom. The summed E-state index contributed by atoms with van der Waals surface area (Å²) in [5, 5.41) is 2.89. The molecule has 136 valence electrons. The number of benzene rings is 2. The van der Waals surface area contributed by atoms with Crippen LogP contribution in [0.25, 0.3) is 0 Å². The quantitative estimate of drug-likeness (QED) is 0.761. The first-order valence-electron chi connectivity index (χ1n) is 8.57. The average molecular weight is 370 g/mol. The lowest BCUT2D eigenvalue weighted by Gasteiger charge is -2.29. The van der Waals surface area contributed by atoms with Crippen LogP contribution in [0.4, 0.5) is 5.69 Å². The third-order valence-electron chi connectivity index (χ3n) is 4.16. The van der Waals surface area contributed by atoms with E-state index < -0.39 is 0 Å². The van der Waals surface area contributed by atoms with E-state index in [4.69, 9.17) is 4.74 Å². The zero-order valence-electron chi connectivity index (χ0n) is 14.7. The third kappa shape index (κ3) is 4.45. The SMILES string of the molecule is COCCCNC(=O)c1ccc2c(c1)N(Cc1ccccc1)C(=O)CS2. The number of nitrogens with one attached hydrogen (secondary N) is 1. The third-order valence-corrected chi connectivity index (χ3v) is 5.21. The molecule has 2 aromatic rings. The largest absolute Gasteiger partial charge is 0.385 e. The highest BCUT2D eigenvalue weighted by Gasteiger charge is 2.25. The molecule has 0 aromatic heterocycles. The Morgan fingerprint density at radius 3 is 2.81 bits per heavy atom. The van der Waals surface area contributed by atoms with Gasteiger partial charge in [-0.3, -0.25) is 9.59 Å². The van der Waals surface area contributed by atoms with Gasteiger partial charge in [0.25, 0.3) is 5.91 Å². The van der Waals surface area contributed by atoms with Crippen molar-refractivity contribution >= 4 is 29.3 Å². The summed E-state index contributed by atoms with van der Waals surface area (Å²) in [6.45, 7) is 1.68. The fraction of sp³-hybridized carbons (Fsp3) is 0.300. The van der Waals surface area contributed by atoms with Gasteiger partial charge in [0.15, 0.2) is 0 Å². The molecular formula is C20H22N2O3S. The van der Waals surface area contributed by atoms with Crippen molar-refractivity contribution in [3.63, 3.8) is 0 Å². The number of methoxy groups -OCH3 is 1. The van der Waals surface area contributed by atoms with Crippen molar-refractivity contribution in [1.82, 2.24) is 5.32 Å². The maximum atomic E-state index is 12.5. The summed E-state index contributed by atoms with van der Waals surface area (Å²) in [6.07, 6.45) is 0.766. The summed E-state index contributed by atoms with van der Waals surface area (Å²) in [5.41, 5.74) is 2.43. The molecule has 5 nitrogen and oxygen atoms in total. The number of nitrogens with zero attached hydrogens (tertiary/aromatic N) is 1. The van der Waals surface area contributed by atoms with Crippen LogP contribution in [0.5, 0.6) is 0 Å². The molecule has 0 fully saturated rings. The molecule has 1 aliphatic rings. The van der Waals surface area contributed by atoms with E-state index in [1.54, 1.807) is 12.0 Å². The van der Waals surface area contributed by atoms with E-state index >= 15 is 0 Å². The maximum absolute atomic E-state index is 12.5. The highest BCUT2D eigenvalue weighted by atomic mass is 32.2. The van der Waals surface area contributed by atoms with Gasteiger partial charge >= 0.3 is 0 Å². The van der Waals surface area contributed by atoms with Crippen LogP contribution in [-0.4, -0.2) is 37.8 Å². The van der Waals surface area contributed by atoms with E-state index in [1.165, 1.54) is 11.8 Å². The van der Waals surface area contributed by atoms with Gasteiger partial charge in [0.05, 0.1) is 18.0 Å². The molecule has 0 atom stereocenters. The van der Waals surface area contributed by atoms with Gasteiger partial charge in [-0.2, -0.15) is 0 Å². The molecular weight excluding hydrogens is 348 g/mol. The van der Waals surface area contributed by atoms with Gasteiger partial charge in [-0.1, -0.05) is 30.3 Å². The zero-order chi connectivity index (χ0) is 18.4. The minimum Gasteiger partial charge on any atom is -0.385 e. The predicted octanol–water partition coefficient (Wildman–Crippen LogP) is 3.09. The Labute approximate surface area is 157 Å². The number of thioether (sulfide) groups is 1. The van der Waals surface area contributed by atoms with Crippen LogP contribution in [0, 0.1) is 0 Å². The van der Waals surface area contributed by atoms with Crippen LogP contribution in [0.1, 0.15) is 22.3 Å². The zero-order valence-corrected chi connectivity index (χ0v) is 15.6. The Bertz CT molecular complexity index is 780. The second-order valence-corrected chi connectivity index (χ2v) is 7.06. The van der Waals surface area contributed by atoms with Crippen molar-refractivity contribution in [1.29, 1.82) is 0 Å². The lowest BCUT2D eigenvalue weighted by molar-refractivity contribution is -0.116. The molecule has 0 aliphatic carbocycles. The normalized spacial score (nSPS) is 13.4. The number of carbonyl (C=O) groups is 2. The predicted molar refractivity (Wildman–Crippen MR) is 104 cm³/mol. The van der Waals surface area contributed by atoms with Crippen LogP contribution >= 0.6 is 11.8 Å². The van der Waals surface area contributed by atoms with Crippen LogP contribution in [0.3, 0.4) is 0 Å². The highest BCUT2D eigenvalue weighted by Crippen LogP contribution is 2.36. The second kappa shape index (κ2) is 8.87. The number of rotatable bonds is 7. The molecule has 0 unspecified atom stereocenters. The summed E-state index contributed by atoms with van der Waals surface area (Å²) >= 11 is 1.52. The first kappa shape index (κ1) is 18.5. The number of amides is 2. The highest BCUT2D eigenvalue weighted by molar-refractivity contribution is 8.00. The minimum absolute atomic E-state index is 0.0593. The fourth-order valence-corrected chi connectivity index (χ4v) is 3.72. The summed E-state index contributed by atoms with van der Waals surface area (Å²) in [5.74, 6) is 0.346. The Kier molecular flexibility index (Phi) is 6.30. The Hall–Kier alpha value is -2.31. The molecule has 6 heteroatoms. The number of ether oxygens (including phenoxy) is 1. The Balaban J connectivity index is 1.79. The van der Waals surface area contributed by atoms with Crippen molar-refractivity contribution in [2.24, 2.45) is 0 Å². The maximum Gasteiger partial charge on any atom is 0.251 e. The second-order valence-electron chi connectivity index (χ2n) is 6.04. The van der Waals surface area contributed by atoms with Gasteiger partial charge in [-0.25, -0.2) is 0 Å². The topological polar surface area (TPSA) is 58.6 Å². The first-order valence-corrected chi connectivity index (χ1v) is 9.56. The molecule has 1 aliphatic heterocycles. The van der Waals surface area contributed by atoms with Crippen molar-refractivity contribution in [3.8, 4) is 0 Å². The molecule has 0 bridgehead atoms. The first-order chi connectivity index (χ1) is 12.7. The molecule has 2 aromatic carbocycles. The van der Waals surface area contributed by atoms with Crippen LogP contribution in [0.15, 0.2) is 53.4 Å². The molecule has 1 heterocycles. The monoisotopic (exact) mass is 370 g/mol. The van der Waals surface area contributed by atoms with Crippen LogP contribution < -0.4 is 10.2 Å². The van der Waals surface area contributed by atoms with E-state index in [0.29, 0.717) is 31.0 Å². The van der Waals surface area contributed by atoms with Gasteiger partial charge in [0.2, 0.25) is 5.91 Å². The molecule has 0 saturated carbocycles. The molecule has 3 rings (SSSR count). The summed E-state index contributed by atoms with van der Waals surface area (Å²) in [4.78, 5) is 27.6. The van der Waals surface area contributed by atoms with Crippen molar-refractivity contribution in [2.45, 2.75) is 17.9 Å². The summed E-state index contributed by atoms with van der Waals surface area (Å²) in [6, 6.07) is 15.4. The lowest BCUT2D eigenvalue weighted by atomic mass is 10.1. The number of anilines is 1. The molecule has 0 radical (unpaired) electrons. The lowest BCUT2D eigenvalue weighted by Crippen LogP contribution is -2.35. The number of carbonyl (C=O) groups excluding carboxylic acids is 2. The van der Waals surface area contributed by atoms with Gasteiger partial charge < -0.3 is 15.0 Å².